The predicted molar refractivity (Wildman–Crippen MR) is 374 cm³/mol. The van der Waals surface area contributed by atoms with E-state index in [1.807, 2.05) is 34.6 Å². The zero-order valence-corrected chi connectivity index (χ0v) is 63.5. The Morgan fingerprint density at radius 3 is 1.83 bits per heavy atom. The molecule has 7 aliphatic rings. The van der Waals surface area contributed by atoms with Gasteiger partial charge in [0.2, 0.25) is 70.9 Å². The lowest BCUT2D eigenvalue weighted by molar-refractivity contribution is -0.182. The van der Waals surface area contributed by atoms with Gasteiger partial charge >= 0.3 is 6.18 Å². The van der Waals surface area contributed by atoms with Gasteiger partial charge in [-0.25, -0.2) is 0 Å². The highest BCUT2D eigenvalue weighted by Gasteiger charge is 2.53. The van der Waals surface area contributed by atoms with E-state index >= 15 is 33.6 Å². The lowest BCUT2D eigenvalue weighted by atomic mass is 9.78. The van der Waals surface area contributed by atoms with Crippen molar-refractivity contribution in [2.75, 3.05) is 75.0 Å². The molecule has 3 saturated carbocycles. The number of rotatable bonds is 11. The second-order valence-electron chi connectivity index (χ2n) is 32.3. The highest BCUT2D eigenvalue weighted by atomic mass is 35.5. The lowest BCUT2D eigenvalue weighted by Gasteiger charge is -2.45. The van der Waals surface area contributed by atoms with Gasteiger partial charge in [-0.15, -0.1) is 11.6 Å². The predicted octanol–water partition coefficient (Wildman–Crippen LogP) is 6.34. The summed E-state index contributed by atoms with van der Waals surface area (Å²) in [6, 6.07) is -10.9. The summed E-state index contributed by atoms with van der Waals surface area (Å²) in [5.41, 5.74) is -1.87. The Bertz CT molecular complexity index is 3020. The number of nitrogens with one attached hydrogen (secondary N) is 3. The molecule has 0 bridgehead atoms. The van der Waals surface area contributed by atoms with Crippen LogP contribution in [-0.4, -0.2) is 261 Å². The normalized spacial score (nSPS) is 31.2. The number of alkyl halides is 4. The van der Waals surface area contributed by atoms with Crippen LogP contribution in [0.1, 0.15) is 204 Å². The molecule has 7 rings (SSSR count). The Kier molecular flexibility index (Phi) is 28.1. The van der Waals surface area contributed by atoms with Crippen molar-refractivity contribution >= 4 is 82.5 Å². The summed E-state index contributed by atoms with van der Waals surface area (Å²) < 4.78 is 42.1. The third kappa shape index (κ3) is 19.4. The number of carbonyl (C=O) groups is 12. The molecule has 3 aliphatic carbocycles. The first kappa shape index (κ1) is 82.0. The Morgan fingerprint density at radius 1 is 0.624 bits per heavy atom. The Balaban J connectivity index is 1.28. The molecule has 101 heavy (non-hydrogen) atoms. The van der Waals surface area contributed by atoms with Crippen LogP contribution in [0.5, 0.6) is 0 Å². The molecule has 570 valence electrons. The molecule has 28 heteroatoms. The van der Waals surface area contributed by atoms with Crippen LogP contribution < -0.4 is 16.0 Å². The van der Waals surface area contributed by atoms with E-state index in [1.54, 1.807) is 25.7 Å². The van der Waals surface area contributed by atoms with Crippen molar-refractivity contribution < 1.29 is 70.7 Å². The van der Waals surface area contributed by atoms with Crippen LogP contribution in [0.3, 0.4) is 0 Å². The molecule has 0 aromatic rings. The zero-order chi connectivity index (χ0) is 75.1. The minimum atomic E-state index is -4.51. The number of nitrogens with zero attached hydrogens (tertiary/aromatic N) is 9. The quantitative estimate of drug-likeness (QED) is 0.191. The Hall–Kier alpha value is -6.28. The molecule has 0 radical (unpaired) electrons. The summed E-state index contributed by atoms with van der Waals surface area (Å²) in [5, 5.41) is 7.62. The largest absolute Gasteiger partial charge is 0.393 e. The van der Waals surface area contributed by atoms with E-state index in [2.05, 4.69) is 16.0 Å². The first-order chi connectivity index (χ1) is 47.3. The molecule has 7 fully saturated rings. The maximum absolute atomic E-state index is 15.5. The van der Waals surface area contributed by atoms with Crippen molar-refractivity contribution in [3.8, 4) is 0 Å². The molecule has 4 saturated heterocycles. The third-order valence-electron chi connectivity index (χ3n) is 23.6. The fourth-order valence-electron chi connectivity index (χ4n) is 16.7. The van der Waals surface area contributed by atoms with Crippen LogP contribution in [0, 0.1) is 40.9 Å². The molecular formula is C73H118ClF3N12O12. The van der Waals surface area contributed by atoms with Gasteiger partial charge in [0, 0.05) is 73.8 Å². The van der Waals surface area contributed by atoms with E-state index in [1.165, 1.54) is 88.4 Å². The van der Waals surface area contributed by atoms with Crippen molar-refractivity contribution in [1.82, 2.24) is 60.0 Å². The first-order valence-corrected chi connectivity index (χ1v) is 37.8. The van der Waals surface area contributed by atoms with Crippen molar-refractivity contribution in [3.05, 3.63) is 0 Å². The standard InChI is InChI=1S/C73H118ClF3N12O12/c1-16-45(6)59-68(99)82(11)46(7)63(94)89-35-30-53(89)66(97)84(13)55(39-47-23-18-17-19-24-47)65(96)81(10)41-57(90)78-51(29-27-48-26-28-49(50(74)38-48)73(75,76)77)64(95)88-34-22-25-52(88)62(93)80-72(31-20-21-32-72)70(101)86(15)60(44(4)5)69(100)85(14)56(67(98)87-36-33-71(8,9)42-87)40-58(91)83(12)54(37-43(2)3)61(92)79-59/h43-56,59-60H,16-42H2,1-15H3,(H,78,90)(H,79,92)(H,80,93)/t45-,46-,48?,49?,50?,51-,52-,53-,54-,55-,56-,59-,60-/m0/s1. The third-order valence-corrected chi connectivity index (χ3v) is 24.1. The van der Waals surface area contributed by atoms with E-state index in [4.69, 9.17) is 11.6 Å². The number of amides is 12. The van der Waals surface area contributed by atoms with Gasteiger partial charge in [0.1, 0.15) is 59.9 Å². The highest BCUT2D eigenvalue weighted by molar-refractivity contribution is 6.21. The van der Waals surface area contributed by atoms with Crippen LogP contribution in [0.4, 0.5) is 13.2 Å². The topological polar surface area (TPSA) is 270 Å². The molecule has 0 aromatic heterocycles. The van der Waals surface area contributed by atoms with E-state index in [0.29, 0.717) is 45.2 Å². The van der Waals surface area contributed by atoms with Crippen molar-refractivity contribution in [1.29, 1.82) is 0 Å². The van der Waals surface area contributed by atoms with E-state index in [0.717, 1.165) is 32.1 Å². The summed E-state index contributed by atoms with van der Waals surface area (Å²) in [6.45, 7) is 16.7. The van der Waals surface area contributed by atoms with Gasteiger partial charge in [-0.05, 0) is 125 Å². The van der Waals surface area contributed by atoms with Crippen molar-refractivity contribution in [2.45, 2.75) is 275 Å². The van der Waals surface area contributed by atoms with Gasteiger partial charge in [0.15, 0.2) is 0 Å². The number of hydrogen-bond donors (Lipinski definition) is 3. The number of carbonyl (C=O) groups excluding carboxylic acids is 12. The molecule has 24 nitrogen and oxygen atoms in total. The van der Waals surface area contributed by atoms with Gasteiger partial charge in [-0.1, -0.05) is 107 Å². The minimum absolute atomic E-state index is 0.000455. The van der Waals surface area contributed by atoms with E-state index in [9.17, 15) is 37.1 Å². The second kappa shape index (κ2) is 34.5. The molecule has 4 heterocycles. The van der Waals surface area contributed by atoms with E-state index in [-0.39, 0.29) is 107 Å². The van der Waals surface area contributed by atoms with Gasteiger partial charge in [0.05, 0.1) is 18.9 Å². The molecule has 13 atom stereocenters. The van der Waals surface area contributed by atoms with Crippen LogP contribution in [0.15, 0.2) is 0 Å². The second-order valence-corrected chi connectivity index (χ2v) is 32.9. The Morgan fingerprint density at radius 2 is 1.27 bits per heavy atom. The average molecular weight is 1450 g/mol. The smallest absolute Gasteiger partial charge is 0.343 e. The summed E-state index contributed by atoms with van der Waals surface area (Å²) in [7, 11) is 8.67. The molecule has 3 N–H and O–H groups in total. The van der Waals surface area contributed by atoms with Gasteiger partial charge in [0.25, 0.3) is 0 Å². The molecule has 4 aliphatic heterocycles. The summed E-state index contributed by atoms with van der Waals surface area (Å²) >= 11 is 6.41. The van der Waals surface area contributed by atoms with Crippen LogP contribution in [-0.2, 0) is 57.5 Å². The summed E-state index contributed by atoms with van der Waals surface area (Å²) in [5.74, 6) is -10.8. The number of likely N-dealkylation sites (tertiary alicyclic amines) is 1. The fraction of sp³-hybridized carbons (Fsp3) is 0.836. The fourth-order valence-corrected chi connectivity index (χ4v) is 17.2. The Labute approximate surface area is 601 Å². The molecule has 1 spiro atoms. The zero-order valence-electron chi connectivity index (χ0n) is 62.8. The minimum Gasteiger partial charge on any atom is -0.343 e. The first-order valence-electron chi connectivity index (χ1n) is 37.4. The monoisotopic (exact) mass is 1450 g/mol. The maximum atomic E-state index is 15.5. The molecule has 3 unspecified atom stereocenters. The van der Waals surface area contributed by atoms with E-state index < -0.39 is 173 Å². The average Bonchev–Trinajstić information content (AvgIpc) is 1.77. The molecular weight excluding hydrogens is 1330 g/mol. The number of fused-ring (bicyclic) bond motifs is 2. The maximum Gasteiger partial charge on any atom is 0.393 e. The van der Waals surface area contributed by atoms with Crippen molar-refractivity contribution in [3.63, 3.8) is 0 Å². The summed E-state index contributed by atoms with van der Waals surface area (Å²) in [6.07, 6.45) is 2.92. The number of likely N-dealkylation sites (N-methyl/N-ethyl adjacent to an activating group) is 6. The lowest BCUT2D eigenvalue weighted by Crippen LogP contribution is -2.65. The summed E-state index contributed by atoms with van der Waals surface area (Å²) in [4.78, 5) is 192. The SMILES string of the molecule is CC[C@H](C)[C@@H]1NC(=O)[C@H](CC(C)C)N(C)C(=O)C[C@@H](C(=O)N2CCC(C)(C)C2)N(C)C(=O)[C@H](C(C)C)N(C)C(=O)C2(CCCC2)NC(=O)[C@@H]2CCCN2C(=O)[C@H](CCC2CCC(C(F)(F)F)C(Cl)C2)NC(=O)CN(C)C(=O)[C@H](CC2CCCCC2)N(C)C(=O)[C@@H]2CCN2C(=O)[C@H](C)N(C)C1=O. The molecule has 12 amide bonds. The highest BCUT2D eigenvalue weighted by Crippen LogP contribution is 2.44. The van der Waals surface area contributed by atoms with Crippen LogP contribution in [0.2, 0.25) is 0 Å². The van der Waals surface area contributed by atoms with Crippen LogP contribution >= 0.6 is 11.6 Å². The van der Waals surface area contributed by atoms with Gasteiger partial charge in [-0.3, -0.25) is 57.5 Å². The van der Waals surface area contributed by atoms with Gasteiger partial charge in [-0.2, -0.15) is 13.2 Å². The number of halogens is 4. The van der Waals surface area contributed by atoms with Crippen LogP contribution in [0.25, 0.3) is 0 Å². The van der Waals surface area contributed by atoms with Crippen molar-refractivity contribution in [2.24, 2.45) is 40.9 Å². The number of hydrogen-bond acceptors (Lipinski definition) is 12. The van der Waals surface area contributed by atoms with Gasteiger partial charge < -0.3 is 60.0 Å². The molecule has 0 aromatic carbocycles.